The van der Waals surface area contributed by atoms with Crippen LogP contribution in [0, 0.1) is 5.41 Å². The van der Waals surface area contributed by atoms with Crippen molar-refractivity contribution in [2.24, 2.45) is 5.41 Å². The molecular formula is C12H22N2. The molecule has 2 saturated heterocycles. The molecule has 2 bridgehead atoms. The fourth-order valence-corrected chi connectivity index (χ4v) is 3.14. The summed E-state index contributed by atoms with van der Waals surface area (Å²) in [6.45, 7) is 6.44. The Balaban J connectivity index is 1.59. The van der Waals surface area contributed by atoms with Gasteiger partial charge < -0.3 is 5.32 Å². The molecule has 2 heterocycles. The third-order valence-corrected chi connectivity index (χ3v) is 4.24. The first-order valence-electron chi connectivity index (χ1n) is 6.22. The van der Waals surface area contributed by atoms with E-state index in [-0.39, 0.29) is 0 Å². The molecule has 2 nitrogen and oxygen atoms in total. The van der Waals surface area contributed by atoms with E-state index in [1.165, 1.54) is 51.7 Å². The SMILES string of the molecule is CC1(CN2CC3CCCC(C2)N3)CC1. The highest BCUT2D eigenvalue weighted by Crippen LogP contribution is 2.45. The monoisotopic (exact) mass is 194 g/mol. The van der Waals surface area contributed by atoms with E-state index < -0.39 is 0 Å². The van der Waals surface area contributed by atoms with E-state index in [1.807, 2.05) is 0 Å². The van der Waals surface area contributed by atoms with Gasteiger partial charge in [-0.2, -0.15) is 0 Å². The molecule has 0 aromatic carbocycles. The lowest BCUT2D eigenvalue weighted by Crippen LogP contribution is -2.59. The van der Waals surface area contributed by atoms with Crippen LogP contribution in [0.4, 0.5) is 0 Å². The maximum atomic E-state index is 3.75. The first kappa shape index (κ1) is 9.17. The zero-order valence-electron chi connectivity index (χ0n) is 9.26. The molecule has 0 radical (unpaired) electrons. The first-order chi connectivity index (χ1) is 6.73. The predicted molar refractivity (Wildman–Crippen MR) is 58.3 cm³/mol. The third-order valence-electron chi connectivity index (χ3n) is 4.24. The Hall–Kier alpha value is -0.0800. The van der Waals surface area contributed by atoms with Crippen molar-refractivity contribution >= 4 is 0 Å². The van der Waals surface area contributed by atoms with Gasteiger partial charge in [0, 0.05) is 31.7 Å². The minimum atomic E-state index is 0.700. The fourth-order valence-electron chi connectivity index (χ4n) is 3.14. The fraction of sp³-hybridized carbons (Fsp3) is 1.00. The van der Waals surface area contributed by atoms with E-state index in [2.05, 4.69) is 17.1 Å². The summed E-state index contributed by atoms with van der Waals surface area (Å²) in [7, 11) is 0. The second-order valence-corrected chi connectivity index (χ2v) is 6.00. The second-order valence-electron chi connectivity index (χ2n) is 6.00. The molecule has 0 aromatic rings. The van der Waals surface area contributed by atoms with Crippen LogP contribution in [0.5, 0.6) is 0 Å². The molecule has 2 atom stereocenters. The summed E-state index contributed by atoms with van der Waals surface area (Å²) in [5.41, 5.74) is 0.700. The molecule has 3 aliphatic rings. The zero-order chi connectivity index (χ0) is 9.60. The van der Waals surface area contributed by atoms with Gasteiger partial charge in [0.15, 0.2) is 0 Å². The number of fused-ring (bicyclic) bond motifs is 2. The quantitative estimate of drug-likeness (QED) is 0.718. The number of piperazine rings is 1. The highest BCUT2D eigenvalue weighted by molar-refractivity contribution is 4.96. The molecule has 3 rings (SSSR count). The summed E-state index contributed by atoms with van der Waals surface area (Å²) < 4.78 is 0. The highest BCUT2D eigenvalue weighted by atomic mass is 15.2. The van der Waals surface area contributed by atoms with Crippen LogP contribution in [-0.2, 0) is 0 Å². The predicted octanol–water partition coefficient (Wildman–Crippen LogP) is 1.61. The largest absolute Gasteiger partial charge is 0.309 e. The van der Waals surface area contributed by atoms with Crippen LogP contribution in [0.25, 0.3) is 0 Å². The van der Waals surface area contributed by atoms with E-state index >= 15 is 0 Å². The van der Waals surface area contributed by atoms with E-state index in [0.717, 1.165) is 12.1 Å². The number of likely N-dealkylation sites (tertiary alicyclic amines) is 1. The molecule has 3 fully saturated rings. The van der Waals surface area contributed by atoms with E-state index in [0.29, 0.717) is 5.41 Å². The van der Waals surface area contributed by atoms with Crippen molar-refractivity contribution in [2.45, 2.75) is 51.1 Å². The lowest BCUT2D eigenvalue weighted by molar-refractivity contribution is 0.108. The maximum Gasteiger partial charge on any atom is 0.0198 e. The number of rotatable bonds is 2. The topological polar surface area (TPSA) is 15.3 Å². The summed E-state index contributed by atoms with van der Waals surface area (Å²) in [4.78, 5) is 2.72. The summed E-state index contributed by atoms with van der Waals surface area (Å²) in [6.07, 6.45) is 7.19. The minimum absolute atomic E-state index is 0.700. The van der Waals surface area contributed by atoms with Gasteiger partial charge in [-0.15, -0.1) is 0 Å². The molecule has 0 aromatic heterocycles. The average Bonchev–Trinajstić information content (AvgIpc) is 2.82. The Morgan fingerprint density at radius 2 is 1.86 bits per heavy atom. The molecule has 14 heavy (non-hydrogen) atoms. The number of hydrogen-bond acceptors (Lipinski definition) is 2. The van der Waals surface area contributed by atoms with Gasteiger partial charge in [-0.25, -0.2) is 0 Å². The lowest BCUT2D eigenvalue weighted by Gasteiger charge is -2.43. The molecule has 0 spiro atoms. The van der Waals surface area contributed by atoms with Crippen LogP contribution in [-0.4, -0.2) is 36.6 Å². The van der Waals surface area contributed by atoms with Gasteiger partial charge in [-0.05, 0) is 31.1 Å². The summed E-state index contributed by atoms with van der Waals surface area (Å²) >= 11 is 0. The van der Waals surface area contributed by atoms with Crippen molar-refractivity contribution in [1.82, 2.24) is 10.2 Å². The van der Waals surface area contributed by atoms with Gasteiger partial charge in [0.1, 0.15) is 0 Å². The van der Waals surface area contributed by atoms with Crippen LogP contribution < -0.4 is 5.32 Å². The number of hydrogen-bond donors (Lipinski definition) is 1. The summed E-state index contributed by atoms with van der Waals surface area (Å²) in [5, 5.41) is 3.75. The van der Waals surface area contributed by atoms with Gasteiger partial charge in [0.05, 0.1) is 0 Å². The molecule has 2 heteroatoms. The van der Waals surface area contributed by atoms with Gasteiger partial charge >= 0.3 is 0 Å². The molecule has 2 aliphatic heterocycles. The maximum absolute atomic E-state index is 3.75. The number of piperidine rings is 1. The molecule has 80 valence electrons. The molecular weight excluding hydrogens is 172 g/mol. The summed E-state index contributed by atoms with van der Waals surface area (Å²) in [6, 6.07) is 1.62. The molecule has 0 amide bonds. The smallest absolute Gasteiger partial charge is 0.0198 e. The number of nitrogens with one attached hydrogen (secondary N) is 1. The highest BCUT2D eigenvalue weighted by Gasteiger charge is 2.40. The standard InChI is InChI=1S/C12H22N2/c1-12(5-6-12)9-14-7-10-3-2-4-11(8-14)13-10/h10-11,13H,2-9H2,1H3. The van der Waals surface area contributed by atoms with Crippen molar-refractivity contribution in [2.75, 3.05) is 19.6 Å². The van der Waals surface area contributed by atoms with Crippen molar-refractivity contribution < 1.29 is 0 Å². The van der Waals surface area contributed by atoms with Crippen LogP contribution in [0.2, 0.25) is 0 Å². The minimum Gasteiger partial charge on any atom is -0.309 e. The first-order valence-corrected chi connectivity index (χ1v) is 6.22. The van der Waals surface area contributed by atoms with Gasteiger partial charge in [0.2, 0.25) is 0 Å². The van der Waals surface area contributed by atoms with Gasteiger partial charge in [-0.3, -0.25) is 4.90 Å². The van der Waals surface area contributed by atoms with E-state index in [4.69, 9.17) is 0 Å². The molecule has 1 saturated carbocycles. The third kappa shape index (κ3) is 1.82. The second kappa shape index (κ2) is 3.21. The van der Waals surface area contributed by atoms with E-state index in [1.54, 1.807) is 0 Å². The normalized spacial score (nSPS) is 40.9. The zero-order valence-corrected chi connectivity index (χ0v) is 9.26. The summed E-state index contributed by atoms with van der Waals surface area (Å²) in [5.74, 6) is 0. The van der Waals surface area contributed by atoms with Crippen LogP contribution in [0.1, 0.15) is 39.0 Å². The molecule has 1 N–H and O–H groups in total. The van der Waals surface area contributed by atoms with Crippen molar-refractivity contribution in [3.63, 3.8) is 0 Å². The van der Waals surface area contributed by atoms with Crippen molar-refractivity contribution in [1.29, 1.82) is 0 Å². The van der Waals surface area contributed by atoms with Gasteiger partial charge in [-0.1, -0.05) is 13.3 Å². The molecule has 2 unspecified atom stereocenters. The van der Waals surface area contributed by atoms with Gasteiger partial charge in [0.25, 0.3) is 0 Å². The average molecular weight is 194 g/mol. The Kier molecular flexibility index (Phi) is 2.10. The van der Waals surface area contributed by atoms with Crippen molar-refractivity contribution in [3.8, 4) is 0 Å². The van der Waals surface area contributed by atoms with E-state index in [9.17, 15) is 0 Å². The Bertz CT molecular complexity index is 210. The molecule has 1 aliphatic carbocycles. The number of nitrogens with zero attached hydrogens (tertiary/aromatic N) is 1. The Labute approximate surface area is 87.0 Å². The van der Waals surface area contributed by atoms with Crippen LogP contribution in [0.15, 0.2) is 0 Å². The Morgan fingerprint density at radius 3 is 2.43 bits per heavy atom. The van der Waals surface area contributed by atoms with Crippen LogP contribution in [0.3, 0.4) is 0 Å². The Morgan fingerprint density at radius 1 is 1.21 bits per heavy atom. The van der Waals surface area contributed by atoms with Crippen molar-refractivity contribution in [3.05, 3.63) is 0 Å². The lowest BCUT2D eigenvalue weighted by atomic mass is 9.93. The van der Waals surface area contributed by atoms with Crippen LogP contribution >= 0.6 is 0 Å².